The number of anilines is 2. The largest absolute Gasteiger partial charge is 0.317 e. The summed E-state index contributed by atoms with van der Waals surface area (Å²) in [6, 6.07) is 14.8. The molecule has 3 aromatic rings. The molecule has 0 radical (unpaired) electrons. The molecule has 1 aliphatic heterocycles. The van der Waals surface area contributed by atoms with Crippen LogP contribution in [0, 0.1) is 10.8 Å². The molecule has 2 aliphatic carbocycles. The van der Waals surface area contributed by atoms with Crippen molar-refractivity contribution in [3.05, 3.63) is 86.7 Å². The number of rotatable bonds is 5. The molecule has 3 aliphatic rings. The highest BCUT2D eigenvalue weighted by molar-refractivity contribution is 9.10. The Bertz CT molecular complexity index is 1870. The Labute approximate surface area is 274 Å². The lowest BCUT2D eigenvalue weighted by Gasteiger charge is -2.49. The third kappa shape index (κ3) is 6.06. The van der Waals surface area contributed by atoms with E-state index in [1.54, 1.807) is 24.3 Å². The highest BCUT2D eigenvalue weighted by atomic mass is 79.9. The number of allylic oxidation sites excluding steroid dienone is 4. The Morgan fingerprint density at radius 1 is 0.889 bits per heavy atom. The van der Waals surface area contributed by atoms with Crippen LogP contribution in [0.25, 0.3) is 0 Å². The molecule has 0 saturated heterocycles. The first-order valence-corrected chi connectivity index (χ1v) is 17.5. The number of ketones is 2. The molecule has 0 unspecified atom stereocenters. The minimum Gasteiger partial charge on any atom is -0.317 e. The standard InChI is InChI=1S/C32H32BrN5O5S2/c1-31(2)13-21-26(23(39)15-31)25(17-5-9-19(33)10-6-17)27-22(14-32(3,4)16-24(27)40)38(21)20-11-7-18(8-12-20)28(41)35-29-36-37-30(44-29)45(34,42)43/h5-12,25H,13-16H2,1-4H3,(H2,34,42,43)(H,35,36,41). The van der Waals surface area contributed by atoms with Gasteiger partial charge in [0, 0.05) is 57.0 Å². The lowest BCUT2D eigenvalue weighted by molar-refractivity contribution is -0.119. The maximum atomic E-state index is 14.0. The normalized spacial score (nSPS) is 19.8. The Morgan fingerprint density at radius 2 is 1.42 bits per heavy atom. The van der Waals surface area contributed by atoms with Crippen LogP contribution in [-0.2, 0) is 19.6 Å². The van der Waals surface area contributed by atoms with Gasteiger partial charge in [-0.3, -0.25) is 19.7 Å². The molecule has 10 nitrogen and oxygen atoms in total. The average Bonchev–Trinajstić information content (AvgIpc) is 3.41. The van der Waals surface area contributed by atoms with Crippen molar-refractivity contribution in [2.24, 2.45) is 16.0 Å². The van der Waals surface area contributed by atoms with Crippen molar-refractivity contribution in [2.45, 2.75) is 63.6 Å². The SMILES string of the molecule is CC1(C)CC(=O)C2=C(C1)N(c1ccc(C(=O)Nc3nnc(S(N)(=O)=O)s3)cc1)C1=C(C(=O)CC(C)(C)C1)C2c1ccc(Br)cc1. The fourth-order valence-electron chi connectivity index (χ4n) is 6.57. The number of amides is 1. The molecule has 2 heterocycles. The quantitative estimate of drug-likeness (QED) is 0.302. The molecule has 1 amide bonds. The van der Waals surface area contributed by atoms with Gasteiger partial charge in [-0.2, -0.15) is 0 Å². The van der Waals surface area contributed by atoms with E-state index in [1.165, 1.54) is 0 Å². The topological polar surface area (TPSA) is 152 Å². The van der Waals surface area contributed by atoms with Gasteiger partial charge in [0.2, 0.25) is 9.47 Å². The minimum absolute atomic E-state index is 0.00129. The maximum Gasteiger partial charge on any atom is 0.267 e. The minimum atomic E-state index is -4.04. The summed E-state index contributed by atoms with van der Waals surface area (Å²) in [7, 11) is -4.04. The van der Waals surface area contributed by atoms with Crippen molar-refractivity contribution in [3.63, 3.8) is 0 Å². The Balaban J connectivity index is 1.45. The van der Waals surface area contributed by atoms with Gasteiger partial charge in [0.15, 0.2) is 11.6 Å². The van der Waals surface area contributed by atoms with Crippen LogP contribution >= 0.6 is 27.3 Å². The van der Waals surface area contributed by atoms with Crippen molar-refractivity contribution in [1.29, 1.82) is 0 Å². The monoisotopic (exact) mass is 709 g/mol. The molecule has 0 bridgehead atoms. The van der Waals surface area contributed by atoms with E-state index in [2.05, 4.69) is 64.0 Å². The lowest BCUT2D eigenvalue weighted by atomic mass is 9.63. The van der Waals surface area contributed by atoms with E-state index in [0.717, 1.165) is 27.1 Å². The molecule has 6 rings (SSSR count). The molecule has 45 heavy (non-hydrogen) atoms. The molecule has 0 saturated carbocycles. The number of benzene rings is 2. The first kappa shape index (κ1) is 31.5. The van der Waals surface area contributed by atoms with E-state index in [0.29, 0.717) is 53.7 Å². The van der Waals surface area contributed by atoms with Crippen LogP contribution in [0.2, 0.25) is 0 Å². The summed E-state index contributed by atoms with van der Waals surface area (Å²) < 4.78 is 23.6. The number of primary sulfonamides is 1. The predicted octanol–water partition coefficient (Wildman–Crippen LogP) is 6.09. The van der Waals surface area contributed by atoms with Crippen molar-refractivity contribution < 1.29 is 22.8 Å². The van der Waals surface area contributed by atoms with Crippen molar-refractivity contribution >= 4 is 65.6 Å². The molecule has 3 N–H and O–H groups in total. The number of hydrogen-bond donors (Lipinski definition) is 2. The van der Waals surface area contributed by atoms with E-state index >= 15 is 0 Å². The van der Waals surface area contributed by atoms with Crippen molar-refractivity contribution in [1.82, 2.24) is 10.2 Å². The Hall–Kier alpha value is -3.52. The fourth-order valence-corrected chi connectivity index (χ4v) is 8.16. The lowest BCUT2D eigenvalue weighted by Crippen LogP contribution is -2.44. The number of carbonyl (C=O) groups excluding carboxylic acids is 3. The molecule has 2 aromatic carbocycles. The molecule has 1 aromatic heterocycles. The zero-order chi connectivity index (χ0) is 32.5. The summed E-state index contributed by atoms with van der Waals surface area (Å²) in [6.07, 6.45) is 2.04. The molecule has 0 fully saturated rings. The van der Waals surface area contributed by atoms with Gasteiger partial charge in [-0.15, -0.1) is 10.2 Å². The van der Waals surface area contributed by atoms with Gasteiger partial charge in [0.1, 0.15) is 0 Å². The molecule has 234 valence electrons. The van der Waals surface area contributed by atoms with Crippen LogP contribution in [-0.4, -0.2) is 36.1 Å². The Morgan fingerprint density at radius 3 is 1.91 bits per heavy atom. The third-order valence-electron chi connectivity index (χ3n) is 8.37. The number of aromatic nitrogens is 2. The van der Waals surface area contributed by atoms with E-state index < -0.39 is 26.2 Å². The van der Waals surface area contributed by atoms with Gasteiger partial charge in [-0.1, -0.05) is 67.1 Å². The van der Waals surface area contributed by atoms with E-state index in [9.17, 15) is 22.8 Å². The highest BCUT2D eigenvalue weighted by Crippen LogP contribution is 2.55. The molecule has 13 heteroatoms. The first-order chi connectivity index (χ1) is 21.0. The van der Waals surface area contributed by atoms with Gasteiger partial charge >= 0.3 is 0 Å². The number of hydrogen-bond acceptors (Lipinski definition) is 9. The smallest absolute Gasteiger partial charge is 0.267 e. The van der Waals surface area contributed by atoms with Gasteiger partial charge in [-0.05, 0) is 65.6 Å². The molecular formula is C32H32BrN5O5S2. The zero-order valence-corrected chi connectivity index (χ0v) is 28.4. The number of halogens is 1. The van der Waals surface area contributed by atoms with Crippen LogP contribution in [0.15, 0.2) is 79.9 Å². The van der Waals surface area contributed by atoms with E-state index in [4.69, 9.17) is 5.14 Å². The van der Waals surface area contributed by atoms with Crippen LogP contribution in [0.5, 0.6) is 0 Å². The summed E-state index contributed by atoms with van der Waals surface area (Å²) in [4.78, 5) is 43.2. The predicted molar refractivity (Wildman–Crippen MR) is 175 cm³/mol. The van der Waals surface area contributed by atoms with Crippen LogP contribution in [0.4, 0.5) is 10.8 Å². The number of nitrogens with two attached hydrogens (primary N) is 1. The summed E-state index contributed by atoms with van der Waals surface area (Å²) >= 11 is 4.17. The van der Waals surface area contributed by atoms with Crippen LogP contribution < -0.4 is 15.4 Å². The van der Waals surface area contributed by atoms with Gasteiger partial charge in [0.05, 0.1) is 0 Å². The fraction of sp³-hybridized carbons (Fsp3) is 0.344. The van der Waals surface area contributed by atoms with Crippen LogP contribution in [0.1, 0.15) is 75.2 Å². The van der Waals surface area contributed by atoms with E-state index in [1.807, 2.05) is 24.3 Å². The van der Waals surface area contributed by atoms with E-state index in [-0.39, 0.29) is 27.5 Å². The Kier molecular flexibility index (Phi) is 7.74. The second-order valence-corrected chi connectivity index (χ2v) is 17.0. The number of sulfonamides is 1. The van der Waals surface area contributed by atoms with Gasteiger partial charge in [0.25, 0.3) is 15.9 Å². The first-order valence-electron chi connectivity index (χ1n) is 14.4. The third-order valence-corrected chi connectivity index (χ3v) is 11.0. The second-order valence-electron chi connectivity index (χ2n) is 13.3. The van der Waals surface area contributed by atoms with Crippen molar-refractivity contribution in [3.8, 4) is 0 Å². The number of Topliss-reactive ketones (excluding diaryl/α,β-unsaturated/α-hetero) is 2. The second kappa shape index (κ2) is 11.1. The number of nitrogens with zero attached hydrogens (tertiary/aromatic N) is 3. The van der Waals surface area contributed by atoms with Gasteiger partial charge in [-0.25, -0.2) is 13.6 Å². The summed E-state index contributed by atoms with van der Waals surface area (Å²) in [5.41, 5.74) is 4.46. The molecule has 0 spiro atoms. The summed E-state index contributed by atoms with van der Waals surface area (Å²) in [5, 5.41) is 14.9. The zero-order valence-electron chi connectivity index (χ0n) is 25.2. The molecule has 0 atom stereocenters. The summed E-state index contributed by atoms with van der Waals surface area (Å²) in [6.45, 7) is 8.35. The van der Waals surface area contributed by atoms with Crippen molar-refractivity contribution in [2.75, 3.05) is 10.2 Å². The number of nitrogens with one attached hydrogen (secondary N) is 1. The highest BCUT2D eigenvalue weighted by Gasteiger charge is 2.49. The van der Waals surface area contributed by atoms with Crippen LogP contribution in [0.3, 0.4) is 0 Å². The summed E-state index contributed by atoms with van der Waals surface area (Å²) in [5.74, 6) is -0.883. The maximum absolute atomic E-state index is 14.0. The van der Waals surface area contributed by atoms with Gasteiger partial charge < -0.3 is 4.90 Å². The average molecular weight is 711 g/mol. The number of carbonyl (C=O) groups is 3. The molecular weight excluding hydrogens is 678 g/mol.